The average Bonchev–Trinajstić information content (AvgIpc) is 2.75. The lowest BCUT2D eigenvalue weighted by Crippen LogP contribution is -2.19. The van der Waals surface area contributed by atoms with Crippen molar-refractivity contribution in [1.29, 1.82) is 0 Å². The Morgan fingerprint density at radius 1 is 1.50 bits per heavy atom. The maximum atomic E-state index is 10.8. The van der Waals surface area contributed by atoms with Gasteiger partial charge in [-0.1, -0.05) is 0 Å². The largest absolute Gasteiger partial charge is 0.478 e. The van der Waals surface area contributed by atoms with Gasteiger partial charge in [-0.15, -0.1) is 0 Å². The lowest BCUT2D eigenvalue weighted by atomic mass is 10.2. The van der Waals surface area contributed by atoms with Gasteiger partial charge in [0.05, 0.1) is 12.8 Å². The number of likely N-dealkylation sites (tertiary alicyclic amines) is 1. The molecule has 14 heavy (non-hydrogen) atoms. The Labute approximate surface area is 82.1 Å². The number of nitrogens with zero attached hydrogens (tertiary/aromatic N) is 1. The third kappa shape index (κ3) is 1.80. The number of hydrogen-bond acceptors (Lipinski definition) is 3. The normalized spacial score (nSPS) is 17.4. The molecule has 0 bridgehead atoms. The molecule has 1 aliphatic heterocycles. The smallest absolute Gasteiger partial charge is 0.339 e. The molecule has 0 unspecified atom stereocenters. The van der Waals surface area contributed by atoms with E-state index in [0.29, 0.717) is 12.3 Å². The summed E-state index contributed by atoms with van der Waals surface area (Å²) >= 11 is 0. The number of carboxylic acid groups (broad SMARTS) is 1. The van der Waals surface area contributed by atoms with Crippen molar-refractivity contribution in [2.75, 3.05) is 13.1 Å². The monoisotopic (exact) mass is 195 g/mol. The Balaban J connectivity index is 2.07. The van der Waals surface area contributed by atoms with Crippen LogP contribution >= 0.6 is 0 Å². The molecule has 0 saturated carbocycles. The molecule has 0 spiro atoms. The number of carbonyl (C=O) groups is 1. The average molecular weight is 195 g/mol. The van der Waals surface area contributed by atoms with Gasteiger partial charge >= 0.3 is 5.97 Å². The van der Waals surface area contributed by atoms with Crippen LogP contribution in [0.15, 0.2) is 16.7 Å². The van der Waals surface area contributed by atoms with Gasteiger partial charge in [0, 0.05) is 0 Å². The summed E-state index contributed by atoms with van der Waals surface area (Å²) in [5.74, 6) is -0.340. The van der Waals surface area contributed by atoms with Crippen LogP contribution in [0.25, 0.3) is 0 Å². The summed E-state index contributed by atoms with van der Waals surface area (Å²) in [6.45, 7) is 2.70. The Morgan fingerprint density at radius 2 is 2.21 bits per heavy atom. The first-order valence-corrected chi connectivity index (χ1v) is 4.79. The minimum absolute atomic E-state index is 0.289. The third-order valence-corrected chi connectivity index (χ3v) is 2.54. The number of rotatable bonds is 3. The summed E-state index contributed by atoms with van der Waals surface area (Å²) in [5.41, 5.74) is 0.289. The Hall–Kier alpha value is -1.29. The maximum Gasteiger partial charge on any atom is 0.339 e. The zero-order valence-corrected chi connectivity index (χ0v) is 7.90. The second-order valence-corrected chi connectivity index (χ2v) is 3.55. The SMILES string of the molecule is O=C(O)c1ccoc1CN1CCCC1. The van der Waals surface area contributed by atoms with E-state index >= 15 is 0 Å². The van der Waals surface area contributed by atoms with Gasteiger partial charge in [-0.05, 0) is 32.0 Å². The summed E-state index contributed by atoms with van der Waals surface area (Å²) in [4.78, 5) is 13.0. The lowest BCUT2D eigenvalue weighted by Gasteiger charge is -2.12. The van der Waals surface area contributed by atoms with Crippen molar-refractivity contribution < 1.29 is 14.3 Å². The van der Waals surface area contributed by atoms with E-state index in [0.717, 1.165) is 13.1 Å². The second kappa shape index (κ2) is 3.84. The highest BCUT2D eigenvalue weighted by Crippen LogP contribution is 2.16. The van der Waals surface area contributed by atoms with Crippen LogP contribution in [-0.4, -0.2) is 29.1 Å². The van der Waals surface area contributed by atoms with Gasteiger partial charge in [0.1, 0.15) is 11.3 Å². The molecule has 0 aromatic carbocycles. The van der Waals surface area contributed by atoms with Gasteiger partial charge < -0.3 is 9.52 Å². The molecule has 1 aliphatic rings. The van der Waals surface area contributed by atoms with Crippen LogP contribution in [0.5, 0.6) is 0 Å². The first-order valence-electron chi connectivity index (χ1n) is 4.79. The van der Waals surface area contributed by atoms with E-state index < -0.39 is 5.97 Å². The maximum absolute atomic E-state index is 10.8. The zero-order valence-electron chi connectivity index (χ0n) is 7.90. The van der Waals surface area contributed by atoms with Gasteiger partial charge in [0.15, 0.2) is 0 Å². The van der Waals surface area contributed by atoms with Gasteiger partial charge in [0.25, 0.3) is 0 Å². The Bertz CT molecular complexity index is 326. The second-order valence-electron chi connectivity index (χ2n) is 3.55. The van der Waals surface area contributed by atoms with E-state index in [1.54, 1.807) is 0 Å². The standard InChI is InChI=1S/C10H13NO3/c12-10(13)8-3-6-14-9(8)7-11-4-1-2-5-11/h3,6H,1-2,4-5,7H2,(H,12,13). The number of hydrogen-bond donors (Lipinski definition) is 1. The molecular formula is C10H13NO3. The van der Waals surface area contributed by atoms with Crippen molar-refractivity contribution in [2.45, 2.75) is 19.4 Å². The fourth-order valence-electron chi connectivity index (χ4n) is 1.80. The molecule has 1 aromatic rings. The molecule has 0 amide bonds. The summed E-state index contributed by atoms with van der Waals surface area (Å²) in [6, 6.07) is 1.51. The molecule has 1 N–H and O–H groups in total. The lowest BCUT2D eigenvalue weighted by molar-refractivity contribution is 0.0693. The zero-order chi connectivity index (χ0) is 9.97. The third-order valence-electron chi connectivity index (χ3n) is 2.54. The van der Waals surface area contributed by atoms with Crippen molar-refractivity contribution >= 4 is 5.97 Å². The summed E-state index contributed by atoms with van der Waals surface area (Å²) in [5, 5.41) is 8.85. The van der Waals surface area contributed by atoms with E-state index in [1.165, 1.54) is 25.2 Å². The van der Waals surface area contributed by atoms with Crippen molar-refractivity contribution in [1.82, 2.24) is 4.90 Å². The van der Waals surface area contributed by atoms with Crippen molar-refractivity contribution in [3.05, 3.63) is 23.7 Å². The highest BCUT2D eigenvalue weighted by Gasteiger charge is 2.18. The minimum atomic E-state index is -0.909. The predicted octanol–water partition coefficient (Wildman–Crippen LogP) is 1.57. The number of carboxylic acids is 1. The molecule has 1 fully saturated rings. The molecule has 76 valence electrons. The highest BCUT2D eigenvalue weighted by molar-refractivity contribution is 5.88. The molecule has 2 heterocycles. The molecule has 4 nitrogen and oxygen atoms in total. The van der Waals surface area contributed by atoms with E-state index in [2.05, 4.69) is 4.90 Å². The quantitative estimate of drug-likeness (QED) is 0.795. The van der Waals surface area contributed by atoms with Crippen LogP contribution in [0, 0.1) is 0 Å². The molecule has 0 radical (unpaired) electrons. The molecule has 0 atom stereocenters. The van der Waals surface area contributed by atoms with E-state index in [9.17, 15) is 4.79 Å². The van der Waals surface area contributed by atoms with E-state index in [1.807, 2.05) is 0 Å². The van der Waals surface area contributed by atoms with Crippen LogP contribution in [0.3, 0.4) is 0 Å². The van der Waals surface area contributed by atoms with Gasteiger partial charge in [0.2, 0.25) is 0 Å². The molecule has 4 heteroatoms. The van der Waals surface area contributed by atoms with Crippen molar-refractivity contribution in [3.63, 3.8) is 0 Å². The van der Waals surface area contributed by atoms with Gasteiger partial charge in [-0.2, -0.15) is 0 Å². The molecule has 2 rings (SSSR count). The molecule has 1 saturated heterocycles. The summed E-state index contributed by atoms with van der Waals surface area (Å²) in [6.07, 6.45) is 3.83. The topological polar surface area (TPSA) is 53.7 Å². The van der Waals surface area contributed by atoms with Crippen molar-refractivity contribution in [2.24, 2.45) is 0 Å². The Morgan fingerprint density at radius 3 is 2.86 bits per heavy atom. The Kier molecular flexibility index (Phi) is 2.54. The van der Waals surface area contributed by atoms with E-state index in [4.69, 9.17) is 9.52 Å². The van der Waals surface area contributed by atoms with Crippen LogP contribution in [0.4, 0.5) is 0 Å². The van der Waals surface area contributed by atoms with E-state index in [-0.39, 0.29) is 5.56 Å². The molecular weight excluding hydrogens is 182 g/mol. The van der Waals surface area contributed by atoms with Crippen LogP contribution < -0.4 is 0 Å². The first kappa shape index (κ1) is 9.27. The van der Waals surface area contributed by atoms with Crippen molar-refractivity contribution in [3.8, 4) is 0 Å². The predicted molar refractivity (Wildman–Crippen MR) is 50.2 cm³/mol. The van der Waals surface area contributed by atoms with Crippen LogP contribution in [0.1, 0.15) is 29.0 Å². The summed E-state index contributed by atoms with van der Waals surface area (Å²) in [7, 11) is 0. The van der Waals surface area contributed by atoms with Gasteiger partial charge in [-0.3, -0.25) is 4.90 Å². The minimum Gasteiger partial charge on any atom is -0.478 e. The van der Waals surface area contributed by atoms with Crippen LogP contribution in [-0.2, 0) is 6.54 Å². The highest BCUT2D eigenvalue weighted by atomic mass is 16.4. The molecule has 1 aromatic heterocycles. The van der Waals surface area contributed by atoms with Crippen LogP contribution in [0.2, 0.25) is 0 Å². The fraction of sp³-hybridized carbons (Fsp3) is 0.500. The number of aromatic carboxylic acids is 1. The first-order chi connectivity index (χ1) is 6.77. The van der Waals surface area contributed by atoms with Gasteiger partial charge in [-0.25, -0.2) is 4.79 Å². The fourth-order valence-corrected chi connectivity index (χ4v) is 1.80. The summed E-state index contributed by atoms with van der Waals surface area (Å²) < 4.78 is 5.17. The number of furan rings is 1. The molecule has 0 aliphatic carbocycles.